The van der Waals surface area contributed by atoms with E-state index in [1.807, 2.05) is 30.3 Å². The number of carbonyl (C=O) groups excluding carboxylic acids is 4. The molecule has 1 saturated carbocycles. The summed E-state index contributed by atoms with van der Waals surface area (Å²) >= 11 is 0. The average Bonchev–Trinajstić information content (AvgIpc) is 3.74. The number of nitrogens with one attached hydrogen (secondary N) is 1. The molecule has 196 valence electrons. The zero-order valence-electron chi connectivity index (χ0n) is 20.4. The molecule has 4 unspecified atom stereocenters. The van der Waals surface area contributed by atoms with E-state index in [2.05, 4.69) is 10.3 Å². The summed E-state index contributed by atoms with van der Waals surface area (Å²) in [5.74, 6) is -4.65. The normalized spacial score (nSPS) is 23.9. The van der Waals surface area contributed by atoms with Crippen LogP contribution in [0.1, 0.15) is 35.8 Å². The molecule has 2 aliphatic rings. The van der Waals surface area contributed by atoms with E-state index in [0.29, 0.717) is 12.8 Å². The maximum absolute atomic E-state index is 13.2. The molecule has 0 bridgehead atoms. The molecule has 11 nitrogen and oxygen atoms in total. The SMILES string of the molecule is COc1ccnc(C(=O)NC2COC(=O)C(Cc3ccccc3)C(OC(=O)C3CC3)C(C)OC2=O)c1O. The van der Waals surface area contributed by atoms with Crippen molar-refractivity contribution in [1.82, 2.24) is 10.3 Å². The van der Waals surface area contributed by atoms with Gasteiger partial charge in [-0.15, -0.1) is 0 Å². The molecule has 1 aliphatic carbocycles. The Balaban J connectivity index is 1.56. The summed E-state index contributed by atoms with van der Waals surface area (Å²) in [5, 5.41) is 12.6. The highest BCUT2D eigenvalue weighted by Crippen LogP contribution is 2.33. The first-order valence-corrected chi connectivity index (χ1v) is 11.9. The number of pyridine rings is 1. The van der Waals surface area contributed by atoms with Crippen molar-refractivity contribution < 1.29 is 43.2 Å². The largest absolute Gasteiger partial charge is 0.503 e. The second kappa shape index (κ2) is 11.3. The van der Waals surface area contributed by atoms with Gasteiger partial charge in [0.2, 0.25) is 0 Å². The molecule has 2 fully saturated rings. The van der Waals surface area contributed by atoms with Gasteiger partial charge in [0.25, 0.3) is 5.91 Å². The Morgan fingerprint density at radius 2 is 1.86 bits per heavy atom. The summed E-state index contributed by atoms with van der Waals surface area (Å²) in [6.45, 7) is 0.989. The van der Waals surface area contributed by atoms with Crippen LogP contribution in [0, 0.1) is 11.8 Å². The molecule has 4 rings (SSSR count). The fraction of sp³-hybridized carbons (Fsp3) is 0.423. The van der Waals surface area contributed by atoms with E-state index in [0.717, 1.165) is 5.56 Å². The first-order chi connectivity index (χ1) is 17.8. The number of hydrogen-bond donors (Lipinski definition) is 2. The molecule has 1 amide bonds. The Morgan fingerprint density at radius 3 is 2.54 bits per heavy atom. The lowest BCUT2D eigenvalue weighted by molar-refractivity contribution is -0.175. The highest BCUT2D eigenvalue weighted by Gasteiger charge is 2.44. The van der Waals surface area contributed by atoms with Crippen LogP contribution in [-0.2, 0) is 35.0 Å². The predicted octanol–water partition coefficient (Wildman–Crippen LogP) is 1.56. The summed E-state index contributed by atoms with van der Waals surface area (Å²) in [7, 11) is 1.31. The highest BCUT2D eigenvalue weighted by molar-refractivity contribution is 5.98. The zero-order chi connectivity index (χ0) is 26.5. The van der Waals surface area contributed by atoms with E-state index in [1.54, 1.807) is 0 Å². The molecule has 2 heterocycles. The third kappa shape index (κ3) is 6.16. The number of aromatic nitrogens is 1. The van der Waals surface area contributed by atoms with E-state index in [4.69, 9.17) is 18.9 Å². The van der Waals surface area contributed by atoms with Gasteiger partial charge in [-0.05, 0) is 31.7 Å². The van der Waals surface area contributed by atoms with Crippen molar-refractivity contribution in [2.45, 2.75) is 44.4 Å². The van der Waals surface area contributed by atoms with Crippen molar-refractivity contribution in [1.29, 1.82) is 0 Å². The number of methoxy groups -OCH3 is 1. The number of amides is 1. The second-order valence-electron chi connectivity index (χ2n) is 8.98. The van der Waals surface area contributed by atoms with Crippen molar-refractivity contribution in [2.24, 2.45) is 11.8 Å². The Hall–Kier alpha value is -4.15. The van der Waals surface area contributed by atoms with Crippen LogP contribution in [0.5, 0.6) is 11.5 Å². The highest BCUT2D eigenvalue weighted by atomic mass is 16.6. The van der Waals surface area contributed by atoms with Crippen LogP contribution in [0.2, 0.25) is 0 Å². The van der Waals surface area contributed by atoms with Crippen LogP contribution in [0.15, 0.2) is 42.6 Å². The Labute approximate surface area is 213 Å². The zero-order valence-corrected chi connectivity index (χ0v) is 20.4. The van der Waals surface area contributed by atoms with Crippen LogP contribution >= 0.6 is 0 Å². The van der Waals surface area contributed by atoms with Gasteiger partial charge in [0.05, 0.1) is 13.0 Å². The first-order valence-electron chi connectivity index (χ1n) is 11.9. The molecule has 1 aromatic carbocycles. The van der Waals surface area contributed by atoms with Crippen molar-refractivity contribution in [2.75, 3.05) is 13.7 Å². The number of aromatic hydroxyl groups is 1. The number of nitrogens with zero attached hydrogens (tertiary/aromatic N) is 1. The summed E-state index contributed by atoms with van der Waals surface area (Å²) in [5.41, 5.74) is 0.420. The topological polar surface area (TPSA) is 150 Å². The van der Waals surface area contributed by atoms with E-state index in [9.17, 15) is 24.3 Å². The van der Waals surface area contributed by atoms with Gasteiger partial charge in [0.1, 0.15) is 18.6 Å². The summed E-state index contributed by atoms with van der Waals surface area (Å²) < 4.78 is 21.6. The molecule has 0 spiro atoms. The number of cyclic esters (lactones) is 2. The molecule has 2 N–H and O–H groups in total. The smallest absolute Gasteiger partial charge is 0.332 e. The first kappa shape index (κ1) is 25.9. The van der Waals surface area contributed by atoms with E-state index >= 15 is 0 Å². The van der Waals surface area contributed by atoms with Gasteiger partial charge in [-0.25, -0.2) is 9.78 Å². The lowest BCUT2D eigenvalue weighted by Crippen LogP contribution is -2.46. The van der Waals surface area contributed by atoms with Crippen LogP contribution in [0.25, 0.3) is 0 Å². The number of rotatable bonds is 7. The molecule has 1 aliphatic heterocycles. The molecule has 1 saturated heterocycles. The van der Waals surface area contributed by atoms with E-state index in [-0.39, 0.29) is 23.8 Å². The van der Waals surface area contributed by atoms with Crippen LogP contribution < -0.4 is 10.1 Å². The monoisotopic (exact) mass is 512 g/mol. The molecule has 4 atom stereocenters. The number of carbonyl (C=O) groups is 4. The predicted molar refractivity (Wildman–Crippen MR) is 126 cm³/mol. The number of esters is 3. The van der Waals surface area contributed by atoms with Gasteiger partial charge < -0.3 is 29.4 Å². The van der Waals surface area contributed by atoms with E-state index in [1.165, 1.54) is 26.3 Å². The Kier molecular flexibility index (Phi) is 7.90. The maximum atomic E-state index is 13.2. The van der Waals surface area contributed by atoms with Crippen molar-refractivity contribution >= 4 is 23.8 Å². The standard InChI is InChI=1S/C26H28N2O9/c1-14-22(37-24(31)16-8-9-16)17(12-15-6-4-3-5-7-15)25(32)35-13-18(26(33)36-14)28-23(30)20-21(29)19(34-2)10-11-27-20/h3-7,10-11,14,16-18,22,29H,8-9,12-13H2,1-2H3,(H,28,30). The van der Waals surface area contributed by atoms with Gasteiger partial charge in [-0.2, -0.15) is 0 Å². The van der Waals surface area contributed by atoms with Crippen LogP contribution in [-0.4, -0.2) is 65.9 Å². The molecule has 2 aromatic rings. The second-order valence-corrected chi connectivity index (χ2v) is 8.98. The third-order valence-electron chi connectivity index (χ3n) is 6.23. The number of ether oxygens (including phenoxy) is 4. The third-order valence-corrected chi connectivity index (χ3v) is 6.23. The lowest BCUT2D eigenvalue weighted by Gasteiger charge is -2.29. The molecule has 37 heavy (non-hydrogen) atoms. The van der Waals surface area contributed by atoms with Crippen LogP contribution in [0.4, 0.5) is 0 Å². The van der Waals surface area contributed by atoms with Gasteiger partial charge in [-0.3, -0.25) is 14.4 Å². The summed E-state index contributed by atoms with van der Waals surface area (Å²) in [6, 6.07) is 9.08. The number of hydrogen-bond acceptors (Lipinski definition) is 10. The summed E-state index contributed by atoms with van der Waals surface area (Å²) in [4.78, 5) is 55.4. The molecule has 1 aromatic heterocycles. The van der Waals surface area contributed by atoms with Gasteiger partial charge in [-0.1, -0.05) is 30.3 Å². The Bertz CT molecular complexity index is 1170. The molecular weight excluding hydrogens is 484 g/mol. The van der Waals surface area contributed by atoms with Crippen molar-refractivity contribution in [3.63, 3.8) is 0 Å². The van der Waals surface area contributed by atoms with Crippen molar-refractivity contribution in [3.8, 4) is 11.5 Å². The lowest BCUT2D eigenvalue weighted by atomic mass is 9.91. The summed E-state index contributed by atoms with van der Waals surface area (Å²) in [6.07, 6.45) is 0.729. The minimum absolute atomic E-state index is 0.0151. The maximum Gasteiger partial charge on any atom is 0.332 e. The van der Waals surface area contributed by atoms with E-state index < -0.39 is 60.3 Å². The van der Waals surface area contributed by atoms with Gasteiger partial charge in [0, 0.05) is 12.3 Å². The van der Waals surface area contributed by atoms with Gasteiger partial charge >= 0.3 is 17.9 Å². The van der Waals surface area contributed by atoms with Crippen molar-refractivity contribution in [3.05, 3.63) is 53.9 Å². The molecule has 0 radical (unpaired) electrons. The van der Waals surface area contributed by atoms with Crippen LogP contribution in [0.3, 0.4) is 0 Å². The fourth-order valence-electron chi connectivity index (χ4n) is 4.02. The molecular formula is C26H28N2O9. The minimum Gasteiger partial charge on any atom is -0.503 e. The molecule has 11 heteroatoms. The Morgan fingerprint density at radius 1 is 1.14 bits per heavy atom. The van der Waals surface area contributed by atoms with Gasteiger partial charge in [0.15, 0.2) is 29.3 Å². The minimum atomic E-state index is -1.40. The fourth-order valence-corrected chi connectivity index (χ4v) is 4.02. The average molecular weight is 513 g/mol. The number of benzene rings is 1. The quantitative estimate of drug-likeness (QED) is 0.413.